The smallest absolute Gasteiger partial charge is 0.235 e. The van der Waals surface area contributed by atoms with E-state index in [9.17, 15) is 17.6 Å². The molecule has 0 spiro atoms. The van der Waals surface area contributed by atoms with Crippen molar-refractivity contribution in [2.75, 3.05) is 11.5 Å². The Morgan fingerprint density at radius 2 is 2.12 bits per heavy atom. The number of amides is 1. The Morgan fingerprint density at radius 1 is 1.38 bits per heavy atom. The molecule has 1 fully saturated rings. The molecule has 0 aromatic heterocycles. The van der Waals surface area contributed by atoms with Crippen molar-refractivity contribution in [2.24, 2.45) is 0 Å². The third-order valence-corrected chi connectivity index (χ3v) is 3.90. The van der Waals surface area contributed by atoms with Crippen LogP contribution in [-0.2, 0) is 14.6 Å². The average Bonchev–Trinajstić information content (AvgIpc) is 2.14. The molecule has 16 heavy (non-hydrogen) atoms. The lowest BCUT2D eigenvalue weighted by molar-refractivity contribution is -0.119. The lowest BCUT2D eigenvalue weighted by Crippen LogP contribution is -2.43. The number of benzene rings is 1. The van der Waals surface area contributed by atoms with Crippen molar-refractivity contribution in [1.29, 1.82) is 0 Å². The van der Waals surface area contributed by atoms with Gasteiger partial charge in [-0.1, -0.05) is 12.1 Å². The molecule has 86 valence electrons. The molecule has 1 aliphatic rings. The number of halogens is 1. The number of carbonyl (C=O) groups is 1. The highest BCUT2D eigenvalue weighted by Crippen LogP contribution is 2.19. The highest BCUT2D eigenvalue weighted by molar-refractivity contribution is 7.92. The lowest BCUT2D eigenvalue weighted by atomic mass is 10.1. The van der Waals surface area contributed by atoms with Gasteiger partial charge in [-0.2, -0.15) is 0 Å². The molecule has 1 aromatic rings. The molecular weight excluding hydrogens is 233 g/mol. The van der Waals surface area contributed by atoms with Crippen molar-refractivity contribution in [3.8, 4) is 0 Å². The van der Waals surface area contributed by atoms with E-state index >= 15 is 0 Å². The third kappa shape index (κ3) is 2.38. The summed E-state index contributed by atoms with van der Waals surface area (Å²) in [6, 6.07) is 4.92. The van der Waals surface area contributed by atoms with Gasteiger partial charge in [0.1, 0.15) is 11.6 Å². The second-order valence-corrected chi connectivity index (χ2v) is 5.84. The standard InChI is InChI=1S/C10H10FNO3S/c11-8-3-1-2-7(4-8)9-5-16(14,15)6-10(13)12-9/h1-4,9H,5-6H2,(H,12,13). The quantitative estimate of drug-likeness (QED) is 0.777. The Morgan fingerprint density at radius 3 is 2.75 bits per heavy atom. The maximum Gasteiger partial charge on any atom is 0.235 e. The van der Waals surface area contributed by atoms with E-state index in [4.69, 9.17) is 0 Å². The fourth-order valence-electron chi connectivity index (χ4n) is 1.69. The number of hydrogen-bond acceptors (Lipinski definition) is 3. The molecule has 0 saturated carbocycles. The van der Waals surface area contributed by atoms with Crippen LogP contribution in [0.5, 0.6) is 0 Å². The molecule has 0 bridgehead atoms. The van der Waals surface area contributed by atoms with E-state index in [0.29, 0.717) is 5.56 Å². The Labute approximate surface area is 92.4 Å². The van der Waals surface area contributed by atoms with E-state index in [2.05, 4.69) is 5.32 Å². The summed E-state index contributed by atoms with van der Waals surface area (Å²) in [4.78, 5) is 11.2. The van der Waals surface area contributed by atoms with Gasteiger partial charge < -0.3 is 5.32 Å². The van der Waals surface area contributed by atoms with E-state index < -0.39 is 33.4 Å². The van der Waals surface area contributed by atoms with Crippen LogP contribution in [0.1, 0.15) is 11.6 Å². The molecule has 1 unspecified atom stereocenters. The monoisotopic (exact) mass is 243 g/mol. The van der Waals surface area contributed by atoms with Gasteiger partial charge in [0.25, 0.3) is 0 Å². The summed E-state index contributed by atoms with van der Waals surface area (Å²) in [5, 5.41) is 2.53. The second kappa shape index (κ2) is 3.86. The highest BCUT2D eigenvalue weighted by atomic mass is 32.2. The minimum atomic E-state index is -3.38. The topological polar surface area (TPSA) is 63.2 Å². The zero-order valence-corrected chi connectivity index (χ0v) is 9.13. The van der Waals surface area contributed by atoms with Gasteiger partial charge in [-0.25, -0.2) is 12.8 Å². The van der Waals surface area contributed by atoms with Gasteiger partial charge in [0, 0.05) is 0 Å². The first-order valence-electron chi connectivity index (χ1n) is 4.71. The zero-order valence-electron chi connectivity index (χ0n) is 8.31. The molecule has 1 N–H and O–H groups in total. The Bertz CT molecular complexity index is 527. The Hall–Kier alpha value is -1.43. The number of nitrogens with one attached hydrogen (secondary N) is 1. The first kappa shape index (κ1) is 11.1. The van der Waals surface area contributed by atoms with Crippen LogP contribution in [0.4, 0.5) is 4.39 Å². The molecular formula is C10H10FNO3S. The minimum absolute atomic E-state index is 0.178. The molecule has 1 heterocycles. The number of rotatable bonds is 1. The second-order valence-electron chi connectivity index (χ2n) is 3.73. The highest BCUT2D eigenvalue weighted by Gasteiger charge is 2.30. The van der Waals surface area contributed by atoms with E-state index in [-0.39, 0.29) is 5.75 Å². The van der Waals surface area contributed by atoms with E-state index in [1.807, 2.05) is 0 Å². The Kier molecular flexibility index (Phi) is 2.67. The number of carbonyl (C=O) groups excluding carboxylic acids is 1. The summed E-state index contributed by atoms with van der Waals surface area (Å²) in [5.41, 5.74) is 0.469. The molecule has 6 heteroatoms. The fourth-order valence-corrected chi connectivity index (χ4v) is 3.08. The van der Waals surface area contributed by atoms with Crippen LogP contribution >= 0.6 is 0 Å². The van der Waals surface area contributed by atoms with Crippen LogP contribution in [0.15, 0.2) is 24.3 Å². The molecule has 1 aliphatic heterocycles. The minimum Gasteiger partial charge on any atom is -0.347 e. The zero-order chi connectivity index (χ0) is 11.8. The molecule has 2 rings (SSSR count). The Balaban J connectivity index is 2.31. The number of hydrogen-bond donors (Lipinski definition) is 1. The fraction of sp³-hybridized carbons (Fsp3) is 0.300. The molecule has 1 saturated heterocycles. The first-order valence-corrected chi connectivity index (χ1v) is 6.54. The van der Waals surface area contributed by atoms with E-state index in [0.717, 1.165) is 0 Å². The van der Waals surface area contributed by atoms with Crippen LogP contribution < -0.4 is 5.32 Å². The molecule has 0 aliphatic carbocycles. The van der Waals surface area contributed by atoms with Gasteiger partial charge in [-0.3, -0.25) is 4.79 Å². The first-order chi connectivity index (χ1) is 7.46. The molecule has 1 atom stereocenters. The van der Waals surface area contributed by atoms with Crippen molar-refractivity contribution in [2.45, 2.75) is 6.04 Å². The predicted octanol–water partition coefficient (Wildman–Crippen LogP) is 0.411. The van der Waals surface area contributed by atoms with Gasteiger partial charge in [-0.05, 0) is 17.7 Å². The van der Waals surface area contributed by atoms with Gasteiger partial charge in [0.2, 0.25) is 5.91 Å². The van der Waals surface area contributed by atoms with Gasteiger partial charge in [0.15, 0.2) is 9.84 Å². The van der Waals surface area contributed by atoms with Gasteiger partial charge >= 0.3 is 0 Å². The van der Waals surface area contributed by atoms with Crippen molar-refractivity contribution >= 4 is 15.7 Å². The van der Waals surface area contributed by atoms with Crippen molar-refractivity contribution < 1.29 is 17.6 Å². The van der Waals surface area contributed by atoms with Crippen LogP contribution in [-0.4, -0.2) is 25.8 Å². The van der Waals surface area contributed by atoms with Crippen molar-refractivity contribution in [3.63, 3.8) is 0 Å². The third-order valence-electron chi connectivity index (χ3n) is 2.36. The summed E-state index contributed by atoms with van der Waals surface area (Å²) >= 11 is 0. The SMILES string of the molecule is O=C1CS(=O)(=O)CC(c2cccc(F)c2)N1. The molecule has 1 aromatic carbocycles. The summed E-state index contributed by atoms with van der Waals surface area (Å²) in [5.74, 6) is -1.66. The summed E-state index contributed by atoms with van der Waals surface area (Å²) in [6.07, 6.45) is 0. The van der Waals surface area contributed by atoms with Crippen LogP contribution in [0.2, 0.25) is 0 Å². The summed E-state index contributed by atoms with van der Waals surface area (Å²) in [7, 11) is -3.38. The van der Waals surface area contributed by atoms with Gasteiger partial charge in [-0.15, -0.1) is 0 Å². The van der Waals surface area contributed by atoms with Crippen LogP contribution in [0.3, 0.4) is 0 Å². The summed E-state index contributed by atoms with van der Waals surface area (Å²) in [6.45, 7) is 0. The molecule has 0 radical (unpaired) electrons. The average molecular weight is 243 g/mol. The normalized spacial score (nSPS) is 23.8. The maximum atomic E-state index is 12.9. The van der Waals surface area contributed by atoms with Crippen molar-refractivity contribution in [1.82, 2.24) is 5.32 Å². The van der Waals surface area contributed by atoms with E-state index in [1.165, 1.54) is 18.2 Å². The lowest BCUT2D eigenvalue weighted by Gasteiger charge is -2.23. The molecule has 1 amide bonds. The van der Waals surface area contributed by atoms with Crippen LogP contribution in [0, 0.1) is 5.82 Å². The van der Waals surface area contributed by atoms with Crippen molar-refractivity contribution in [3.05, 3.63) is 35.6 Å². The molecule has 4 nitrogen and oxygen atoms in total. The predicted molar refractivity (Wildman–Crippen MR) is 55.9 cm³/mol. The number of sulfone groups is 1. The largest absolute Gasteiger partial charge is 0.347 e. The maximum absolute atomic E-state index is 12.9. The summed E-state index contributed by atoms with van der Waals surface area (Å²) < 4.78 is 35.7. The van der Waals surface area contributed by atoms with Gasteiger partial charge in [0.05, 0.1) is 11.8 Å². The van der Waals surface area contributed by atoms with E-state index in [1.54, 1.807) is 6.07 Å². The van der Waals surface area contributed by atoms with Crippen LogP contribution in [0.25, 0.3) is 0 Å².